The fraction of sp³-hybridized carbons (Fsp3) is 0.357. The molecule has 0 N–H and O–H groups in total. The molecule has 1 aliphatic carbocycles. The van der Waals surface area contributed by atoms with E-state index in [9.17, 15) is 0 Å². The molecular weight excluding hydrogens is 725 g/mol. The number of fused-ring (bicyclic) bond motifs is 7. The Morgan fingerprint density at radius 1 is 0.483 bits per heavy atom. The molecule has 1 fully saturated rings. The molecule has 0 bridgehead atoms. The predicted molar refractivity (Wildman–Crippen MR) is 260 cm³/mol. The lowest BCUT2D eigenvalue weighted by Crippen LogP contribution is -2.62. The third-order valence-electron chi connectivity index (χ3n) is 15.1. The maximum absolute atomic E-state index is 2.70. The van der Waals surface area contributed by atoms with Crippen molar-refractivity contribution >= 4 is 68.6 Å². The average Bonchev–Trinajstić information content (AvgIpc) is 3.31. The van der Waals surface area contributed by atoms with Crippen molar-refractivity contribution in [2.24, 2.45) is 0 Å². The summed E-state index contributed by atoms with van der Waals surface area (Å²) in [7, 11) is 0. The first-order chi connectivity index (χ1) is 28.2. The Balaban J connectivity index is 1.26. The minimum absolute atomic E-state index is 0.00325. The molecular formula is C56H62BN3. The summed E-state index contributed by atoms with van der Waals surface area (Å²) in [5, 5.41) is 0. The molecule has 0 radical (unpaired) electrons. The molecule has 4 heteroatoms. The fourth-order valence-electron chi connectivity index (χ4n) is 11.2. The van der Waals surface area contributed by atoms with Gasteiger partial charge in [-0.3, -0.25) is 0 Å². The molecule has 6 aromatic carbocycles. The van der Waals surface area contributed by atoms with Gasteiger partial charge in [-0.15, -0.1) is 0 Å². The molecule has 3 nitrogen and oxygen atoms in total. The molecule has 0 saturated heterocycles. The van der Waals surface area contributed by atoms with Crippen molar-refractivity contribution in [3.8, 4) is 0 Å². The second-order valence-electron chi connectivity index (χ2n) is 22.1. The summed E-state index contributed by atoms with van der Waals surface area (Å²) >= 11 is 0. The number of hydrogen-bond acceptors (Lipinski definition) is 3. The predicted octanol–water partition coefficient (Wildman–Crippen LogP) is 13.2. The highest BCUT2D eigenvalue weighted by Gasteiger charge is 2.63. The summed E-state index contributed by atoms with van der Waals surface area (Å²) in [4.78, 5) is 7.89. The van der Waals surface area contributed by atoms with Crippen LogP contribution in [0.1, 0.15) is 122 Å². The first-order valence-corrected chi connectivity index (χ1v) is 22.4. The second-order valence-corrected chi connectivity index (χ2v) is 22.1. The van der Waals surface area contributed by atoms with E-state index in [1.165, 1.54) is 108 Å². The van der Waals surface area contributed by atoms with Crippen molar-refractivity contribution in [3.63, 3.8) is 0 Å². The highest BCUT2D eigenvalue weighted by Crippen LogP contribution is 2.65. The molecule has 304 valence electrons. The van der Waals surface area contributed by atoms with Gasteiger partial charge in [-0.1, -0.05) is 130 Å². The first-order valence-electron chi connectivity index (χ1n) is 22.4. The van der Waals surface area contributed by atoms with Gasteiger partial charge in [0.1, 0.15) is 0 Å². The Morgan fingerprint density at radius 2 is 1.07 bits per heavy atom. The summed E-state index contributed by atoms with van der Waals surface area (Å²) < 4.78 is 0. The quantitative estimate of drug-likeness (QED) is 0.165. The number of rotatable bonds is 3. The van der Waals surface area contributed by atoms with Gasteiger partial charge in [-0.05, 0) is 154 Å². The zero-order valence-electron chi connectivity index (χ0n) is 38.3. The van der Waals surface area contributed by atoms with Crippen LogP contribution < -0.4 is 31.1 Å². The second kappa shape index (κ2) is 12.7. The molecule has 0 spiro atoms. The van der Waals surface area contributed by atoms with Gasteiger partial charge in [0.25, 0.3) is 6.71 Å². The van der Waals surface area contributed by atoms with Crippen LogP contribution in [0, 0.1) is 13.8 Å². The van der Waals surface area contributed by atoms with Crippen molar-refractivity contribution in [2.45, 2.75) is 130 Å². The third-order valence-corrected chi connectivity index (χ3v) is 15.1. The molecule has 6 aromatic rings. The van der Waals surface area contributed by atoms with E-state index in [-0.39, 0.29) is 33.9 Å². The molecule has 1 saturated carbocycles. The molecule has 10 rings (SSSR count). The van der Waals surface area contributed by atoms with Crippen LogP contribution in [0.4, 0.5) is 45.5 Å². The van der Waals surface area contributed by atoms with E-state index >= 15 is 0 Å². The lowest BCUT2D eigenvalue weighted by atomic mass is 9.33. The molecule has 3 heterocycles. The van der Waals surface area contributed by atoms with Gasteiger partial charge in [0.15, 0.2) is 0 Å². The van der Waals surface area contributed by atoms with Crippen LogP contribution in [0.5, 0.6) is 0 Å². The number of para-hydroxylation sites is 1. The zero-order chi connectivity index (χ0) is 42.5. The lowest BCUT2D eigenvalue weighted by Gasteiger charge is -2.56. The summed E-state index contributed by atoms with van der Waals surface area (Å²) in [5.74, 6) is 0. The van der Waals surface area contributed by atoms with Crippen LogP contribution in [-0.2, 0) is 21.7 Å². The Labute approximate surface area is 360 Å². The minimum atomic E-state index is -0.00325. The fourth-order valence-corrected chi connectivity index (χ4v) is 11.2. The number of benzene rings is 6. The SMILES string of the molecule is Cc1cc2c3c(c1)N(c1ccc(C(C)(C)C)cc1C)c1ccc(C(C)(C)C)cc1B3c1ccc(N3c4ccccc4C4(C)CCC34C)cc1N2c1ccc(C(C)(C)C)cc1. The van der Waals surface area contributed by atoms with E-state index < -0.39 is 0 Å². The molecule has 4 aliphatic rings. The van der Waals surface area contributed by atoms with Gasteiger partial charge in [-0.2, -0.15) is 0 Å². The van der Waals surface area contributed by atoms with E-state index in [4.69, 9.17) is 0 Å². The zero-order valence-corrected chi connectivity index (χ0v) is 38.3. The largest absolute Gasteiger partial charge is 0.334 e. The topological polar surface area (TPSA) is 9.72 Å². The van der Waals surface area contributed by atoms with E-state index in [2.05, 4.69) is 220 Å². The molecule has 2 unspecified atom stereocenters. The van der Waals surface area contributed by atoms with Crippen LogP contribution in [0.2, 0.25) is 0 Å². The number of nitrogens with zero attached hydrogens (tertiary/aromatic N) is 3. The van der Waals surface area contributed by atoms with E-state index in [0.717, 1.165) is 0 Å². The Hall–Kier alpha value is -5.22. The van der Waals surface area contributed by atoms with E-state index in [0.29, 0.717) is 0 Å². The normalized spacial score (nSPS) is 20.3. The van der Waals surface area contributed by atoms with Gasteiger partial charge in [0, 0.05) is 50.9 Å². The average molecular weight is 788 g/mol. The van der Waals surface area contributed by atoms with Crippen LogP contribution in [0.3, 0.4) is 0 Å². The van der Waals surface area contributed by atoms with Crippen LogP contribution >= 0.6 is 0 Å². The maximum Gasteiger partial charge on any atom is 0.252 e. The van der Waals surface area contributed by atoms with Gasteiger partial charge in [-0.25, -0.2) is 0 Å². The minimum Gasteiger partial charge on any atom is -0.334 e. The van der Waals surface area contributed by atoms with Crippen molar-refractivity contribution < 1.29 is 0 Å². The maximum atomic E-state index is 2.70. The molecule has 2 atom stereocenters. The van der Waals surface area contributed by atoms with Gasteiger partial charge >= 0.3 is 0 Å². The molecule has 0 amide bonds. The Bertz CT molecular complexity index is 2740. The van der Waals surface area contributed by atoms with Crippen molar-refractivity contribution in [2.75, 3.05) is 14.7 Å². The van der Waals surface area contributed by atoms with Crippen molar-refractivity contribution in [1.29, 1.82) is 0 Å². The van der Waals surface area contributed by atoms with Crippen molar-refractivity contribution in [1.82, 2.24) is 0 Å². The van der Waals surface area contributed by atoms with E-state index in [1.807, 2.05) is 0 Å². The lowest BCUT2D eigenvalue weighted by molar-refractivity contribution is 0.133. The van der Waals surface area contributed by atoms with Crippen LogP contribution in [0.15, 0.2) is 115 Å². The van der Waals surface area contributed by atoms with Gasteiger partial charge in [0.05, 0.1) is 5.54 Å². The van der Waals surface area contributed by atoms with Crippen LogP contribution in [-0.4, -0.2) is 12.3 Å². The smallest absolute Gasteiger partial charge is 0.252 e. The summed E-state index contributed by atoms with van der Waals surface area (Å²) in [6.45, 7) is 30.5. The van der Waals surface area contributed by atoms with Gasteiger partial charge in [0.2, 0.25) is 0 Å². The number of aryl methyl sites for hydroxylation is 2. The molecule has 0 aromatic heterocycles. The highest BCUT2D eigenvalue weighted by atomic mass is 15.3. The monoisotopic (exact) mass is 788 g/mol. The Morgan fingerprint density at radius 3 is 1.68 bits per heavy atom. The molecule has 60 heavy (non-hydrogen) atoms. The van der Waals surface area contributed by atoms with Crippen LogP contribution in [0.25, 0.3) is 0 Å². The summed E-state index contributed by atoms with van der Waals surface area (Å²) in [6, 6.07) is 45.5. The summed E-state index contributed by atoms with van der Waals surface area (Å²) in [6.07, 6.45) is 2.39. The van der Waals surface area contributed by atoms with Gasteiger partial charge < -0.3 is 14.7 Å². The Kier molecular flexibility index (Phi) is 8.22. The van der Waals surface area contributed by atoms with E-state index in [1.54, 1.807) is 0 Å². The number of anilines is 8. The molecule has 3 aliphatic heterocycles. The number of hydrogen-bond donors (Lipinski definition) is 0. The standard InChI is InChI=1S/C56H62BN3/c1-35-30-49-51-50(31-35)59(45-26-20-38(32-36(45)2)53(6,7)8)47-27-21-39(54(9,10)11)33-44(47)57(51)43-25-24-41(34-48(43)58(49)40-22-18-37(19-23-40)52(3,4)5)60-46-17-15-14-16-42(46)55(12)28-29-56(55,60)13/h14-27,30-34H,28-29H2,1-13H3. The highest BCUT2D eigenvalue weighted by molar-refractivity contribution is 7.00. The summed E-state index contributed by atoms with van der Waals surface area (Å²) in [5.41, 5.74) is 22.6. The third kappa shape index (κ3) is 5.48. The van der Waals surface area contributed by atoms with Crippen molar-refractivity contribution in [3.05, 3.63) is 149 Å². The first kappa shape index (κ1) is 39.0.